The van der Waals surface area contributed by atoms with Gasteiger partial charge in [-0.2, -0.15) is 8.78 Å². The summed E-state index contributed by atoms with van der Waals surface area (Å²) in [5.74, 6) is -1.36. The van der Waals surface area contributed by atoms with Crippen molar-refractivity contribution in [2.24, 2.45) is 5.92 Å². The Balaban J connectivity index is 3.87. The third-order valence-electron chi connectivity index (χ3n) is 1.49. The van der Waals surface area contributed by atoms with E-state index in [9.17, 15) is 13.6 Å². The third-order valence-corrected chi connectivity index (χ3v) is 1.49. The second kappa shape index (κ2) is 5.90. The maximum atomic E-state index is 12.8. The van der Waals surface area contributed by atoms with Gasteiger partial charge in [0, 0.05) is 0 Å². The average Bonchev–Trinajstić information content (AvgIpc) is 2.03. The van der Waals surface area contributed by atoms with E-state index in [2.05, 4.69) is 9.47 Å². The van der Waals surface area contributed by atoms with E-state index < -0.39 is 12.1 Å². The molecule has 0 aromatic carbocycles. The van der Waals surface area contributed by atoms with Crippen LogP contribution in [0.2, 0.25) is 0 Å². The molecule has 0 aliphatic rings. The monoisotopic (exact) mass is 210 g/mol. The van der Waals surface area contributed by atoms with Crippen LogP contribution in [0.1, 0.15) is 27.2 Å². The summed E-state index contributed by atoms with van der Waals surface area (Å²) in [6.45, 7) is 4.99. The van der Waals surface area contributed by atoms with E-state index in [0.29, 0.717) is 6.42 Å². The average molecular weight is 210 g/mol. The van der Waals surface area contributed by atoms with Gasteiger partial charge in [-0.25, -0.2) is 4.79 Å². The highest BCUT2D eigenvalue weighted by Crippen LogP contribution is 2.18. The van der Waals surface area contributed by atoms with E-state index in [1.54, 1.807) is 0 Å². The van der Waals surface area contributed by atoms with E-state index in [-0.39, 0.29) is 19.1 Å². The molecule has 14 heavy (non-hydrogen) atoms. The zero-order chi connectivity index (χ0) is 11.2. The molecule has 84 valence electrons. The van der Waals surface area contributed by atoms with Gasteiger partial charge in [-0.15, -0.1) is 0 Å². The fourth-order valence-electron chi connectivity index (χ4n) is 0.697. The van der Waals surface area contributed by atoms with Crippen LogP contribution < -0.4 is 0 Å². The lowest BCUT2D eigenvalue weighted by Gasteiger charge is -2.15. The van der Waals surface area contributed by atoms with E-state index in [4.69, 9.17) is 0 Å². The van der Waals surface area contributed by atoms with Gasteiger partial charge in [-0.05, 0) is 19.3 Å². The summed E-state index contributed by atoms with van der Waals surface area (Å²) in [6.07, 6.45) is -3.33. The number of hydrogen-bond acceptors (Lipinski definition) is 3. The largest absolute Gasteiger partial charge is 0.460 e. The van der Waals surface area contributed by atoms with Gasteiger partial charge in [0.05, 0.1) is 13.2 Å². The number of esters is 1. The lowest BCUT2D eigenvalue weighted by Crippen LogP contribution is -2.34. The number of alkyl halides is 2. The first-order valence-electron chi connectivity index (χ1n) is 4.59. The molecule has 0 rings (SSSR count). The molecule has 0 radical (unpaired) electrons. The highest BCUT2D eigenvalue weighted by molar-refractivity contribution is 5.75. The first-order valence-corrected chi connectivity index (χ1v) is 4.59. The molecule has 0 N–H and O–H groups in total. The number of ether oxygens (including phenoxy) is 2. The van der Waals surface area contributed by atoms with Gasteiger partial charge in [0.1, 0.15) is 0 Å². The van der Waals surface area contributed by atoms with Crippen LogP contribution >= 0.6 is 0 Å². The summed E-state index contributed by atoms with van der Waals surface area (Å²) in [4.78, 5) is 10.6. The molecular weight excluding hydrogens is 194 g/mol. The highest BCUT2D eigenvalue weighted by atomic mass is 19.3. The number of carbonyl (C=O) groups is 1. The normalized spacial score (nSPS) is 11.9. The quantitative estimate of drug-likeness (QED) is 0.630. The minimum Gasteiger partial charge on any atom is -0.460 e. The van der Waals surface area contributed by atoms with Crippen molar-refractivity contribution in [3.63, 3.8) is 0 Å². The van der Waals surface area contributed by atoms with Crippen molar-refractivity contribution in [2.45, 2.75) is 33.3 Å². The Morgan fingerprint density at radius 1 is 1.43 bits per heavy atom. The molecule has 0 atom stereocenters. The third kappa shape index (κ3) is 5.11. The van der Waals surface area contributed by atoms with Crippen molar-refractivity contribution in [3.05, 3.63) is 0 Å². The Kier molecular flexibility index (Phi) is 5.60. The topological polar surface area (TPSA) is 35.5 Å². The standard InChI is InChI=1S/C9H16F2O3/c1-4-13-8(12)9(10,11)14-6-5-7(2)3/h7H,4-6H2,1-3H3. The SMILES string of the molecule is CCOC(=O)C(F)(F)OCCC(C)C. The van der Waals surface area contributed by atoms with Crippen molar-refractivity contribution in [1.82, 2.24) is 0 Å². The molecule has 3 nitrogen and oxygen atoms in total. The molecule has 0 fully saturated rings. The maximum Gasteiger partial charge on any atom is 0.456 e. The Hall–Kier alpha value is -0.710. The summed E-state index contributed by atoms with van der Waals surface area (Å²) < 4.78 is 33.8. The van der Waals surface area contributed by atoms with Gasteiger partial charge in [-0.1, -0.05) is 13.8 Å². The molecular formula is C9H16F2O3. The predicted octanol–water partition coefficient (Wildman–Crippen LogP) is 2.21. The molecule has 0 unspecified atom stereocenters. The van der Waals surface area contributed by atoms with Crippen LogP contribution in [0, 0.1) is 5.92 Å². The van der Waals surface area contributed by atoms with Crippen LogP contribution in [-0.4, -0.2) is 25.3 Å². The summed E-state index contributed by atoms with van der Waals surface area (Å²) in [7, 11) is 0. The van der Waals surface area contributed by atoms with Crippen LogP contribution in [0.15, 0.2) is 0 Å². The minimum atomic E-state index is -3.81. The predicted molar refractivity (Wildman–Crippen MR) is 47.0 cm³/mol. The molecule has 0 aromatic heterocycles. The van der Waals surface area contributed by atoms with E-state index >= 15 is 0 Å². The number of hydrogen-bond donors (Lipinski definition) is 0. The molecule has 5 heteroatoms. The van der Waals surface area contributed by atoms with Gasteiger partial charge >= 0.3 is 12.1 Å². The molecule has 0 saturated carbocycles. The molecule has 0 spiro atoms. The fourth-order valence-corrected chi connectivity index (χ4v) is 0.697. The van der Waals surface area contributed by atoms with Crippen LogP contribution in [0.5, 0.6) is 0 Å². The summed E-state index contributed by atoms with van der Waals surface area (Å²) in [5.41, 5.74) is 0. The minimum absolute atomic E-state index is 0.0814. The van der Waals surface area contributed by atoms with Crippen molar-refractivity contribution < 1.29 is 23.0 Å². The first kappa shape index (κ1) is 13.3. The summed E-state index contributed by atoms with van der Waals surface area (Å²) >= 11 is 0. The molecule has 0 aliphatic carbocycles. The van der Waals surface area contributed by atoms with Gasteiger partial charge in [0.25, 0.3) is 0 Å². The highest BCUT2D eigenvalue weighted by Gasteiger charge is 2.42. The van der Waals surface area contributed by atoms with Gasteiger partial charge < -0.3 is 9.47 Å². The Morgan fingerprint density at radius 3 is 2.43 bits per heavy atom. The maximum absolute atomic E-state index is 12.8. The Labute approximate surface area is 82.4 Å². The smallest absolute Gasteiger partial charge is 0.456 e. The fraction of sp³-hybridized carbons (Fsp3) is 0.889. The number of halogens is 2. The number of rotatable bonds is 6. The lowest BCUT2D eigenvalue weighted by atomic mass is 10.1. The van der Waals surface area contributed by atoms with Crippen molar-refractivity contribution in [2.75, 3.05) is 13.2 Å². The van der Waals surface area contributed by atoms with E-state index in [1.165, 1.54) is 6.92 Å². The summed E-state index contributed by atoms with van der Waals surface area (Å²) in [6, 6.07) is 0. The molecule has 0 saturated heterocycles. The van der Waals surface area contributed by atoms with Gasteiger partial charge in [-0.3, -0.25) is 0 Å². The van der Waals surface area contributed by atoms with Crippen molar-refractivity contribution >= 4 is 5.97 Å². The van der Waals surface area contributed by atoms with Crippen LogP contribution in [0.3, 0.4) is 0 Å². The van der Waals surface area contributed by atoms with E-state index in [1.807, 2.05) is 13.8 Å². The molecule has 0 amide bonds. The first-order chi connectivity index (χ1) is 6.40. The van der Waals surface area contributed by atoms with Gasteiger partial charge in [0.15, 0.2) is 0 Å². The van der Waals surface area contributed by atoms with Crippen LogP contribution in [-0.2, 0) is 14.3 Å². The number of carbonyl (C=O) groups excluding carboxylic acids is 1. The second-order valence-corrected chi connectivity index (χ2v) is 3.27. The van der Waals surface area contributed by atoms with Crippen molar-refractivity contribution in [1.29, 1.82) is 0 Å². The summed E-state index contributed by atoms with van der Waals surface area (Å²) in [5, 5.41) is 0. The van der Waals surface area contributed by atoms with Gasteiger partial charge in [0.2, 0.25) is 0 Å². The zero-order valence-corrected chi connectivity index (χ0v) is 8.68. The molecule has 0 aromatic rings. The van der Waals surface area contributed by atoms with E-state index in [0.717, 1.165) is 0 Å². The molecule has 0 heterocycles. The Morgan fingerprint density at radius 2 is 2.00 bits per heavy atom. The van der Waals surface area contributed by atoms with Crippen LogP contribution in [0.4, 0.5) is 8.78 Å². The van der Waals surface area contributed by atoms with Crippen LogP contribution in [0.25, 0.3) is 0 Å². The Bertz CT molecular complexity index is 181. The molecule has 0 aliphatic heterocycles. The second-order valence-electron chi connectivity index (χ2n) is 3.27. The zero-order valence-electron chi connectivity index (χ0n) is 8.68. The lowest BCUT2D eigenvalue weighted by molar-refractivity contribution is -0.250. The molecule has 0 bridgehead atoms. The van der Waals surface area contributed by atoms with Crippen molar-refractivity contribution in [3.8, 4) is 0 Å².